The number of hydrogen-bond acceptors (Lipinski definition) is 6. The lowest BCUT2D eigenvalue weighted by Gasteiger charge is -2.09. The molecule has 40 heavy (non-hydrogen) atoms. The summed E-state index contributed by atoms with van der Waals surface area (Å²) in [5, 5.41) is 16.7. The van der Waals surface area contributed by atoms with Crippen molar-refractivity contribution in [1.82, 2.24) is 9.78 Å². The molecule has 8 nitrogen and oxygen atoms in total. The molecular weight excluding hydrogens is 526 g/mol. The number of anilines is 1. The standard InChI is InChI=1S/C31H24ClN5O3/c1-40-24-18-16-23(17-19-24)34-35-30-29(21-10-4-2-5-11-21)36-37(31(30)22-12-6-3-7-13-22)28(39)20-27(38)33-26-15-9-8-14-25(26)32/h2-19H,20H2,1H3,(H,33,38). The second-order valence-electron chi connectivity index (χ2n) is 8.69. The van der Waals surface area contributed by atoms with E-state index in [1.54, 1.807) is 55.6 Å². The third-order valence-corrected chi connectivity index (χ3v) is 6.32. The van der Waals surface area contributed by atoms with Gasteiger partial charge in [0, 0.05) is 11.1 Å². The zero-order valence-corrected chi connectivity index (χ0v) is 22.2. The van der Waals surface area contributed by atoms with Crippen LogP contribution in [0.1, 0.15) is 11.2 Å². The first-order valence-electron chi connectivity index (χ1n) is 12.4. The fourth-order valence-electron chi connectivity index (χ4n) is 4.06. The predicted octanol–water partition coefficient (Wildman–Crippen LogP) is 7.96. The number of ether oxygens (including phenoxy) is 1. The van der Waals surface area contributed by atoms with E-state index < -0.39 is 18.2 Å². The van der Waals surface area contributed by atoms with Crippen molar-refractivity contribution >= 4 is 40.5 Å². The summed E-state index contributed by atoms with van der Waals surface area (Å²) in [4.78, 5) is 26.4. The maximum absolute atomic E-state index is 13.6. The molecule has 5 aromatic rings. The van der Waals surface area contributed by atoms with Crippen molar-refractivity contribution < 1.29 is 14.3 Å². The summed E-state index contributed by atoms with van der Waals surface area (Å²) in [7, 11) is 1.59. The van der Waals surface area contributed by atoms with Crippen LogP contribution in [0, 0.1) is 0 Å². The molecule has 1 heterocycles. The van der Waals surface area contributed by atoms with E-state index >= 15 is 0 Å². The molecule has 1 N–H and O–H groups in total. The molecule has 9 heteroatoms. The fraction of sp³-hybridized carbons (Fsp3) is 0.0645. The van der Waals surface area contributed by atoms with Crippen LogP contribution in [0.2, 0.25) is 5.02 Å². The molecule has 5 rings (SSSR count). The molecule has 0 unspecified atom stereocenters. The maximum atomic E-state index is 13.6. The number of nitrogens with zero attached hydrogens (tertiary/aromatic N) is 4. The maximum Gasteiger partial charge on any atom is 0.256 e. The summed E-state index contributed by atoms with van der Waals surface area (Å²) in [5.41, 5.74) is 3.73. The number of amides is 1. The fourth-order valence-corrected chi connectivity index (χ4v) is 4.24. The molecule has 0 aliphatic heterocycles. The average Bonchev–Trinajstić information content (AvgIpc) is 3.38. The summed E-state index contributed by atoms with van der Waals surface area (Å²) in [6.07, 6.45) is -0.462. The smallest absolute Gasteiger partial charge is 0.256 e. The lowest BCUT2D eigenvalue weighted by molar-refractivity contribution is -0.115. The summed E-state index contributed by atoms with van der Waals surface area (Å²) in [6, 6.07) is 32.6. The van der Waals surface area contributed by atoms with E-state index in [1.165, 1.54) is 4.68 Å². The molecule has 0 aliphatic rings. The van der Waals surface area contributed by atoms with Gasteiger partial charge >= 0.3 is 0 Å². The van der Waals surface area contributed by atoms with Crippen LogP contribution in [0.5, 0.6) is 5.75 Å². The van der Waals surface area contributed by atoms with Crippen molar-refractivity contribution in [3.8, 4) is 28.3 Å². The monoisotopic (exact) mass is 549 g/mol. The van der Waals surface area contributed by atoms with Crippen molar-refractivity contribution in [2.45, 2.75) is 6.42 Å². The van der Waals surface area contributed by atoms with E-state index in [1.807, 2.05) is 60.7 Å². The SMILES string of the molecule is COc1ccc(N=Nc2c(-c3ccccc3)nn(C(=O)CC(=O)Nc3ccccc3Cl)c2-c2ccccc2)cc1. The molecule has 0 spiro atoms. The number of aromatic nitrogens is 2. The highest BCUT2D eigenvalue weighted by atomic mass is 35.5. The number of rotatable bonds is 8. The van der Waals surface area contributed by atoms with Gasteiger partial charge < -0.3 is 10.1 Å². The Bertz CT molecular complexity index is 1670. The first kappa shape index (κ1) is 26.5. The quantitative estimate of drug-likeness (QED) is 0.157. The molecule has 0 aliphatic carbocycles. The minimum atomic E-state index is -0.536. The van der Waals surface area contributed by atoms with Gasteiger partial charge in [0.25, 0.3) is 5.91 Å². The van der Waals surface area contributed by atoms with Crippen LogP contribution in [0.15, 0.2) is 119 Å². The third-order valence-electron chi connectivity index (χ3n) is 5.99. The number of halogens is 1. The van der Waals surface area contributed by atoms with Crippen LogP contribution < -0.4 is 10.1 Å². The number of benzene rings is 4. The van der Waals surface area contributed by atoms with Crippen LogP contribution in [-0.2, 0) is 4.79 Å². The van der Waals surface area contributed by atoms with Crippen LogP contribution in [0.25, 0.3) is 22.5 Å². The number of carbonyl (C=O) groups is 2. The minimum Gasteiger partial charge on any atom is -0.497 e. The Kier molecular flexibility index (Phi) is 8.08. The van der Waals surface area contributed by atoms with Gasteiger partial charge in [-0.15, -0.1) is 5.11 Å². The first-order chi connectivity index (χ1) is 19.5. The van der Waals surface area contributed by atoms with Gasteiger partial charge in [0.1, 0.15) is 29.2 Å². The van der Waals surface area contributed by atoms with Crippen LogP contribution >= 0.6 is 11.6 Å². The van der Waals surface area contributed by atoms with E-state index in [0.717, 1.165) is 5.56 Å². The Labute approximate surface area is 235 Å². The molecular formula is C31H24ClN5O3. The van der Waals surface area contributed by atoms with Crippen LogP contribution in [0.4, 0.5) is 17.1 Å². The van der Waals surface area contributed by atoms with Crippen LogP contribution in [0.3, 0.4) is 0 Å². The Morgan fingerprint density at radius 2 is 1.45 bits per heavy atom. The molecule has 0 bridgehead atoms. The highest BCUT2D eigenvalue weighted by Crippen LogP contribution is 2.40. The van der Waals surface area contributed by atoms with Crippen molar-refractivity contribution in [1.29, 1.82) is 0 Å². The van der Waals surface area contributed by atoms with E-state index in [0.29, 0.717) is 44.8 Å². The molecule has 198 valence electrons. The average molecular weight is 550 g/mol. The summed E-state index contributed by atoms with van der Waals surface area (Å²) < 4.78 is 6.46. The summed E-state index contributed by atoms with van der Waals surface area (Å²) >= 11 is 6.17. The zero-order valence-electron chi connectivity index (χ0n) is 21.5. The predicted molar refractivity (Wildman–Crippen MR) is 156 cm³/mol. The lowest BCUT2D eigenvalue weighted by atomic mass is 10.1. The van der Waals surface area contributed by atoms with Gasteiger partial charge in [0.05, 0.1) is 23.5 Å². The summed E-state index contributed by atoms with van der Waals surface area (Å²) in [5.74, 6) is -0.357. The minimum absolute atomic E-state index is 0.375. The van der Waals surface area contributed by atoms with E-state index in [2.05, 4.69) is 20.6 Å². The topological polar surface area (TPSA) is 97.9 Å². The number of para-hydroxylation sites is 1. The van der Waals surface area contributed by atoms with Gasteiger partial charge in [-0.3, -0.25) is 9.59 Å². The molecule has 0 radical (unpaired) electrons. The lowest BCUT2D eigenvalue weighted by Crippen LogP contribution is -2.22. The number of hydrogen-bond donors (Lipinski definition) is 1. The number of nitrogens with one attached hydrogen (secondary N) is 1. The molecule has 1 aromatic heterocycles. The van der Waals surface area contributed by atoms with Crippen molar-refractivity contribution in [3.05, 3.63) is 114 Å². The number of carbonyl (C=O) groups excluding carboxylic acids is 2. The molecule has 4 aromatic carbocycles. The molecule has 0 saturated carbocycles. The van der Waals surface area contributed by atoms with Crippen molar-refractivity contribution in [2.75, 3.05) is 12.4 Å². The summed E-state index contributed by atoms with van der Waals surface area (Å²) in [6.45, 7) is 0. The third kappa shape index (κ3) is 5.98. The van der Waals surface area contributed by atoms with E-state index in [-0.39, 0.29) is 0 Å². The van der Waals surface area contributed by atoms with Gasteiger partial charge in [-0.2, -0.15) is 14.9 Å². The van der Waals surface area contributed by atoms with E-state index in [9.17, 15) is 9.59 Å². The Morgan fingerprint density at radius 1 is 0.825 bits per heavy atom. The Hall–Kier alpha value is -5.08. The zero-order chi connectivity index (χ0) is 27.9. The van der Waals surface area contributed by atoms with E-state index in [4.69, 9.17) is 16.3 Å². The Morgan fingerprint density at radius 3 is 2.10 bits per heavy atom. The highest BCUT2D eigenvalue weighted by Gasteiger charge is 2.26. The van der Waals surface area contributed by atoms with Gasteiger partial charge in [0.2, 0.25) is 5.91 Å². The van der Waals surface area contributed by atoms with Gasteiger partial charge in [-0.25, -0.2) is 0 Å². The largest absolute Gasteiger partial charge is 0.497 e. The van der Waals surface area contributed by atoms with Gasteiger partial charge in [0.15, 0.2) is 0 Å². The molecule has 0 saturated heterocycles. The number of azo groups is 1. The molecule has 0 fully saturated rings. The first-order valence-corrected chi connectivity index (χ1v) is 12.8. The Balaban J connectivity index is 1.58. The van der Waals surface area contributed by atoms with Crippen LogP contribution in [-0.4, -0.2) is 28.7 Å². The van der Waals surface area contributed by atoms with Gasteiger partial charge in [-0.05, 0) is 36.4 Å². The molecule has 1 amide bonds. The second-order valence-corrected chi connectivity index (χ2v) is 9.09. The second kappa shape index (κ2) is 12.2. The van der Waals surface area contributed by atoms with Crippen molar-refractivity contribution in [3.63, 3.8) is 0 Å². The molecule has 0 atom stereocenters. The normalized spacial score (nSPS) is 10.9. The van der Waals surface area contributed by atoms with Gasteiger partial charge in [-0.1, -0.05) is 84.4 Å². The number of methoxy groups -OCH3 is 1. The van der Waals surface area contributed by atoms with Crippen molar-refractivity contribution in [2.24, 2.45) is 10.2 Å². The highest BCUT2D eigenvalue weighted by molar-refractivity contribution is 6.33.